The summed E-state index contributed by atoms with van der Waals surface area (Å²) < 4.78 is 1.47. The van der Waals surface area contributed by atoms with Crippen molar-refractivity contribution in [3.8, 4) is 11.8 Å². The minimum atomic E-state index is -0.339. The monoisotopic (exact) mass is 412 g/mol. The van der Waals surface area contributed by atoms with Crippen molar-refractivity contribution < 1.29 is 4.79 Å². The number of hydrogen-bond acceptors (Lipinski definition) is 7. The Balaban J connectivity index is 1.53. The second kappa shape index (κ2) is 6.37. The van der Waals surface area contributed by atoms with E-state index in [4.69, 9.17) is 0 Å². The van der Waals surface area contributed by atoms with Crippen molar-refractivity contribution in [3.63, 3.8) is 0 Å². The van der Waals surface area contributed by atoms with Crippen LogP contribution in [0.15, 0.2) is 41.7 Å². The van der Waals surface area contributed by atoms with Crippen molar-refractivity contribution in [1.29, 1.82) is 5.26 Å². The zero-order valence-corrected chi connectivity index (χ0v) is 16.2. The molecule has 4 aromatic rings. The normalized spacial score (nSPS) is 20.2. The molecule has 6 rings (SSSR count). The lowest BCUT2D eigenvalue weighted by atomic mass is 10.0. The van der Waals surface area contributed by atoms with Gasteiger partial charge in [-0.3, -0.25) is 14.2 Å². The van der Waals surface area contributed by atoms with E-state index in [2.05, 4.69) is 36.2 Å². The molecule has 2 N–H and O–H groups in total. The van der Waals surface area contributed by atoms with Crippen molar-refractivity contribution >= 4 is 33.8 Å². The number of carbonyl (C=O) groups excluding carboxylic acids is 1. The highest BCUT2D eigenvalue weighted by atomic mass is 16.2. The van der Waals surface area contributed by atoms with E-state index in [0.29, 0.717) is 35.5 Å². The smallest absolute Gasteiger partial charge is 0.274 e. The summed E-state index contributed by atoms with van der Waals surface area (Å²) in [6.07, 6.45) is 4.28. The molecule has 2 fully saturated rings. The average Bonchev–Trinajstić information content (AvgIpc) is 3.48. The fourth-order valence-electron chi connectivity index (χ4n) is 4.69. The molecule has 0 unspecified atom stereocenters. The number of nitriles is 1. The minimum absolute atomic E-state index is 0.0336. The molecule has 2 aliphatic rings. The number of nitrogens with zero attached hydrogens (tertiary/aromatic N) is 6. The maximum absolute atomic E-state index is 12.7. The molecule has 0 aliphatic carbocycles. The van der Waals surface area contributed by atoms with Gasteiger partial charge >= 0.3 is 0 Å². The van der Waals surface area contributed by atoms with Crippen molar-refractivity contribution in [2.75, 3.05) is 24.5 Å². The SMILES string of the molecule is N#Cc1c[nH]c2ncc(=O)n(-c3ccc4ncnc(N5C[C@@H]6CNC(=O)[C@@H]6C5)c4c3)c12. The average molecular weight is 412 g/mol. The summed E-state index contributed by atoms with van der Waals surface area (Å²) in [4.78, 5) is 42.9. The summed E-state index contributed by atoms with van der Waals surface area (Å²) >= 11 is 0. The molecule has 10 heteroatoms. The molecule has 1 aromatic carbocycles. The molecule has 31 heavy (non-hydrogen) atoms. The van der Waals surface area contributed by atoms with E-state index in [9.17, 15) is 14.9 Å². The summed E-state index contributed by atoms with van der Waals surface area (Å²) in [6, 6.07) is 7.58. The molecule has 0 spiro atoms. The van der Waals surface area contributed by atoms with Crippen molar-refractivity contribution in [3.05, 3.63) is 52.8 Å². The molecule has 10 nitrogen and oxygen atoms in total. The Bertz CT molecular complexity index is 1480. The summed E-state index contributed by atoms with van der Waals surface area (Å²) in [5, 5.41) is 13.2. The first-order valence-electron chi connectivity index (χ1n) is 9.91. The third kappa shape index (κ3) is 2.53. The van der Waals surface area contributed by atoms with E-state index in [-0.39, 0.29) is 23.3 Å². The number of H-pyrrole nitrogens is 1. The van der Waals surface area contributed by atoms with Crippen LogP contribution in [0.5, 0.6) is 0 Å². The van der Waals surface area contributed by atoms with Crippen LogP contribution >= 0.6 is 0 Å². The van der Waals surface area contributed by atoms with E-state index in [1.54, 1.807) is 6.07 Å². The predicted octanol–water partition coefficient (Wildman–Crippen LogP) is 0.711. The van der Waals surface area contributed by atoms with Gasteiger partial charge in [-0.15, -0.1) is 0 Å². The quantitative estimate of drug-likeness (QED) is 0.495. The molecule has 3 aromatic heterocycles. The Morgan fingerprint density at radius 3 is 2.90 bits per heavy atom. The number of aromatic amines is 1. The van der Waals surface area contributed by atoms with Gasteiger partial charge in [0.1, 0.15) is 23.7 Å². The lowest BCUT2D eigenvalue weighted by Crippen LogP contribution is -2.29. The topological polar surface area (TPSA) is 133 Å². The van der Waals surface area contributed by atoms with Crippen LogP contribution in [0.3, 0.4) is 0 Å². The molecular weight excluding hydrogens is 396 g/mol. The van der Waals surface area contributed by atoms with Crippen LogP contribution in [0.4, 0.5) is 5.82 Å². The molecule has 5 heterocycles. The van der Waals surface area contributed by atoms with Gasteiger partial charge in [0.05, 0.1) is 28.9 Å². The van der Waals surface area contributed by atoms with Crippen molar-refractivity contribution in [2.45, 2.75) is 0 Å². The summed E-state index contributed by atoms with van der Waals surface area (Å²) in [7, 11) is 0. The maximum atomic E-state index is 12.7. The van der Waals surface area contributed by atoms with E-state index in [0.717, 1.165) is 23.3 Å². The Labute approximate surface area is 175 Å². The molecule has 152 valence electrons. The van der Waals surface area contributed by atoms with E-state index in [1.165, 1.54) is 23.3 Å². The van der Waals surface area contributed by atoms with Gasteiger partial charge in [-0.2, -0.15) is 5.26 Å². The number of hydrogen-bond donors (Lipinski definition) is 2. The number of nitrogens with one attached hydrogen (secondary N) is 2. The number of aromatic nitrogens is 5. The van der Waals surface area contributed by atoms with Gasteiger partial charge in [0.25, 0.3) is 5.56 Å². The number of amides is 1. The summed E-state index contributed by atoms with van der Waals surface area (Å²) in [6.45, 7) is 2.02. The van der Waals surface area contributed by atoms with Crippen LogP contribution in [0.1, 0.15) is 5.56 Å². The Morgan fingerprint density at radius 1 is 1.16 bits per heavy atom. The summed E-state index contributed by atoms with van der Waals surface area (Å²) in [5.74, 6) is 1.06. The highest BCUT2D eigenvalue weighted by molar-refractivity contribution is 5.92. The second-order valence-corrected chi connectivity index (χ2v) is 7.86. The van der Waals surface area contributed by atoms with Gasteiger partial charge in [0.15, 0.2) is 5.65 Å². The Kier molecular flexibility index (Phi) is 3.61. The lowest BCUT2D eigenvalue weighted by Gasteiger charge is -2.20. The van der Waals surface area contributed by atoms with Crippen molar-refractivity contribution in [2.24, 2.45) is 11.8 Å². The zero-order chi connectivity index (χ0) is 21.1. The van der Waals surface area contributed by atoms with Crippen LogP contribution in [0, 0.1) is 23.2 Å². The third-order valence-corrected chi connectivity index (χ3v) is 6.17. The molecule has 0 radical (unpaired) electrons. The van der Waals surface area contributed by atoms with Gasteiger partial charge in [-0.25, -0.2) is 15.0 Å². The maximum Gasteiger partial charge on any atom is 0.274 e. The van der Waals surface area contributed by atoms with E-state index in [1.807, 2.05) is 12.1 Å². The Hall–Kier alpha value is -4.26. The van der Waals surface area contributed by atoms with Gasteiger partial charge in [0, 0.05) is 37.1 Å². The molecule has 1 amide bonds. The summed E-state index contributed by atoms with van der Waals surface area (Å²) in [5.41, 5.74) is 2.22. The predicted molar refractivity (Wildman–Crippen MR) is 112 cm³/mol. The standard InChI is InChI=1S/C21H16N8O2/c22-4-11-5-23-19-18(11)29(17(30)7-24-19)13-1-2-16-14(3-13)20(27-10-26-16)28-8-12-6-25-21(31)15(12)9-28/h1-3,5,7,10,12,15,23H,6,8-9H2,(H,25,31)/t12-,15+/m0/s1. The van der Waals surface area contributed by atoms with Gasteiger partial charge in [-0.1, -0.05) is 0 Å². The molecule has 2 atom stereocenters. The number of anilines is 1. The number of rotatable bonds is 2. The molecule has 2 saturated heterocycles. The number of benzene rings is 1. The Morgan fingerprint density at radius 2 is 2.06 bits per heavy atom. The fraction of sp³-hybridized carbons (Fsp3) is 0.238. The number of fused-ring (bicyclic) bond motifs is 3. The van der Waals surface area contributed by atoms with Gasteiger partial charge < -0.3 is 15.2 Å². The van der Waals surface area contributed by atoms with Crippen LogP contribution in [-0.4, -0.2) is 50.0 Å². The first-order chi connectivity index (χ1) is 15.1. The van der Waals surface area contributed by atoms with E-state index < -0.39 is 0 Å². The van der Waals surface area contributed by atoms with Gasteiger partial charge in [0.2, 0.25) is 5.91 Å². The van der Waals surface area contributed by atoms with Crippen LogP contribution in [0.25, 0.3) is 27.8 Å². The zero-order valence-electron chi connectivity index (χ0n) is 16.2. The largest absolute Gasteiger partial charge is 0.355 e. The number of carbonyl (C=O) groups is 1. The molecule has 2 aliphatic heterocycles. The third-order valence-electron chi connectivity index (χ3n) is 6.17. The fourth-order valence-corrected chi connectivity index (χ4v) is 4.69. The van der Waals surface area contributed by atoms with E-state index >= 15 is 0 Å². The lowest BCUT2D eigenvalue weighted by molar-refractivity contribution is -0.122. The van der Waals surface area contributed by atoms with Crippen LogP contribution in [-0.2, 0) is 4.79 Å². The second-order valence-electron chi connectivity index (χ2n) is 7.86. The minimum Gasteiger partial charge on any atom is -0.355 e. The highest BCUT2D eigenvalue weighted by Crippen LogP contribution is 2.34. The van der Waals surface area contributed by atoms with Gasteiger partial charge in [-0.05, 0) is 18.2 Å². The van der Waals surface area contributed by atoms with Crippen LogP contribution < -0.4 is 15.8 Å². The highest BCUT2D eigenvalue weighted by Gasteiger charge is 2.42. The molecular formula is C21H16N8O2. The van der Waals surface area contributed by atoms with Crippen molar-refractivity contribution in [1.82, 2.24) is 29.8 Å². The molecule has 0 bridgehead atoms. The first-order valence-corrected chi connectivity index (χ1v) is 9.91. The molecule has 0 saturated carbocycles. The first kappa shape index (κ1) is 17.6. The van der Waals surface area contributed by atoms with Crippen LogP contribution in [0.2, 0.25) is 0 Å².